The summed E-state index contributed by atoms with van der Waals surface area (Å²) < 4.78 is 48.1. The van der Waals surface area contributed by atoms with Crippen molar-refractivity contribution >= 4 is 27.5 Å². The summed E-state index contributed by atoms with van der Waals surface area (Å²) in [7, 11) is -2.75. The monoisotopic (exact) mass is 631 g/mol. The van der Waals surface area contributed by atoms with Gasteiger partial charge in [-0.05, 0) is 65.6 Å². The number of rotatable bonds is 14. The molecule has 0 saturated carbocycles. The van der Waals surface area contributed by atoms with Gasteiger partial charge in [0.2, 0.25) is 11.8 Å². The molecule has 0 aliphatic rings. The molecule has 1 atom stereocenters. The van der Waals surface area contributed by atoms with Gasteiger partial charge in [0.25, 0.3) is 10.0 Å². The molecular formula is C35H38FN3O5S. The molecule has 0 bridgehead atoms. The molecule has 45 heavy (non-hydrogen) atoms. The van der Waals surface area contributed by atoms with E-state index in [1.165, 1.54) is 48.4 Å². The molecule has 236 valence electrons. The van der Waals surface area contributed by atoms with E-state index in [0.29, 0.717) is 17.9 Å². The van der Waals surface area contributed by atoms with E-state index in [4.69, 9.17) is 4.74 Å². The van der Waals surface area contributed by atoms with Crippen molar-refractivity contribution in [1.29, 1.82) is 0 Å². The zero-order chi connectivity index (χ0) is 32.4. The van der Waals surface area contributed by atoms with Crippen LogP contribution in [-0.4, -0.2) is 51.4 Å². The number of methoxy groups -OCH3 is 1. The van der Waals surface area contributed by atoms with Crippen LogP contribution in [0.1, 0.15) is 25.0 Å². The first-order valence-corrected chi connectivity index (χ1v) is 16.1. The second-order valence-corrected chi connectivity index (χ2v) is 12.9. The maximum Gasteiger partial charge on any atom is 0.264 e. The van der Waals surface area contributed by atoms with Gasteiger partial charge in [0.1, 0.15) is 24.2 Å². The highest BCUT2D eigenvalue weighted by Gasteiger charge is 2.34. The zero-order valence-corrected chi connectivity index (χ0v) is 26.4. The number of halogens is 1. The third kappa shape index (κ3) is 8.92. The first-order chi connectivity index (χ1) is 21.6. The average molecular weight is 632 g/mol. The largest absolute Gasteiger partial charge is 0.497 e. The Hall–Kier alpha value is -4.70. The molecule has 0 fully saturated rings. The highest BCUT2D eigenvalue weighted by molar-refractivity contribution is 7.92. The Balaban J connectivity index is 1.77. The van der Waals surface area contributed by atoms with Gasteiger partial charge in [-0.2, -0.15) is 0 Å². The first-order valence-electron chi connectivity index (χ1n) is 14.7. The lowest BCUT2D eigenvalue weighted by Crippen LogP contribution is -2.53. The molecule has 0 heterocycles. The summed E-state index contributed by atoms with van der Waals surface area (Å²) in [4.78, 5) is 29.5. The van der Waals surface area contributed by atoms with Crippen LogP contribution in [-0.2, 0) is 32.6 Å². The van der Waals surface area contributed by atoms with Gasteiger partial charge in [0.15, 0.2) is 0 Å². The fourth-order valence-electron chi connectivity index (χ4n) is 4.76. The molecule has 0 aromatic heterocycles. The lowest BCUT2D eigenvalue weighted by Gasteiger charge is -2.34. The lowest BCUT2D eigenvalue weighted by molar-refractivity contribution is -0.140. The summed E-state index contributed by atoms with van der Waals surface area (Å²) in [6.45, 7) is 3.70. The fourth-order valence-corrected chi connectivity index (χ4v) is 6.18. The van der Waals surface area contributed by atoms with Crippen molar-refractivity contribution in [3.63, 3.8) is 0 Å². The molecule has 0 radical (unpaired) electrons. The van der Waals surface area contributed by atoms with Crippen molar-refractivity contribution < 1.29 is 27.1 Å². The molecular weight excluding hydrogens is 593 g/mol. The van der Waals surface area contributed by atoms with Gasteiger partial charge in [-0.3, -0.25) is 13.9 Å². The predicted molar refractivity (Wildman–Crippen MR) is 173 cm³/mol. The van der Waals surface area contributed by atoms with E-state index in [2.05, 4.69) is 5.32 Å². The second-order valence-electron chi connectivity index (χ2n) is 11.0. The van der Waals surface area contributed by atoms with E-state index >= 15 is 0 Å². The number of hydrogen-bond acceptors (Lipinski definition) is 5. The van der Waals surface area contributed by atoms with Gasteiger partial charge in [-0.25, -0.2) is 12.8 Å². The van der Waals surface area contributed by atoms with Crippen LogP contribution in [0.4, 0.5) is 10.1 Å². The Kier molecular flexibility index (Phi) is 11.3. The molecule has 10 heteroatoms. The topological polar surface area (TPSA) is 96.0 Å². The zero-order valence-electron chi connectivity index (χ0n) is 25.6. The van der Waals surface area contributed by atoms with Gasteiger partial charge in [-0.15, -0.1) is 0 Å². The van der Waals surface area contributed by atoms with Crippen LogP contribution in [0.2, 0.25) is 0 Å². The van der Waals surface area contributed by atoms with Gasteiger partial charge in [0, 0.05) is 19.5 Å². The number of amides is 2. The minimum absolute atomic E-state index is 0.0273. The van der Waals surface area contributed by atoms with Crippen molar-refractivity contribution in [3.05, 3.63) is 126 Å². The smallest absolute Gasteiger partial charge is 0.264 e. The first kappa shape index (κ1) is 33.2. The van der Waals surface area contributed by atoms with Crippen LogP contribution in [0.3, 0.4) is 0 Å². The Morgan fingerprint density at radius 2 is 1.42 bits per heavy atom. The second kappa shape index (κ2) is 15.3. The van der Waals surface area contributed by atoms with E-state index in [1.54, 1.807) is 42.5 Å². The third-order valence-electron chi connectivity index (χ3n) is 7.19. The van der Waals surface area contributed by atoms with Crippen LogP contribution in [0.15, 0.2) is 114 Å². The van der Waals surface area contributed by atoms with Crippen LogP contribution in [0.25, 0.3) is 0 Å². The molecule has 0 saturated heterocycles. The quantitative estimate of drug-likeness (QED) is 0.200. The van der Waals surface area contributed by atoms with E-state index in [1.807, 2.05) is 44.2 Å². The maximum atomic E-state index is 14.4. The minimum Gasteiger partial charge on any atom is -0.497 e. The molecule has 4 aromatic rings. The number of benzene rings is 4. The summed E-state index contributed by atoms with van der Waals surface area (Å²) in [5.74, 6) is -0.755. The van der Waals surface area contributed by atoms with E-state index in [-0.39, 0.29) is 35.4 Å². The van der Waals surface area contributed by atoms with Crippen LogP contribution >= 0.6 is 0 Å². The van der Waals surface area contributed by atoms with Crippen LogP contribution in [0.5, 0.6) is 5.75 Å². The molecule has 0 aliphatic heterocycles. The highest BCUT2D eigenvalue weighted by Crippen LogP contribution is 2.26. The van der Waals surface area contributed by atoms with Gasteiger partial charge < -0.3 is 15.0 Å². The highest BCUT2D eigenvalue weighted by atomic mass is 32.2. The van der Waals surface area contributed by atoms with E-state index in [9.17, 15) is 22.4 Å². The van der Waals surface area contributed by atoms with Gasteiger partial charge >= 0.3 is 0 Å². The fraction of sp³-hybridized carbons (Fsp3) is 0.257. The summed E-state index contributed by atoms with van der Waals surface area (Å²) >= 11 is 0. The van der Waals surface area contributed by atoms with Crippen molar-refractivity contribution in [1.82, 2.24) is 10.2 Å². The van der Waals surface area contributed by atoms with Gasteiger partial charge in [-0.1, -0.05) is 74.5 Å². The number of para-hydroxylation sites is 1. The normalized spacial score (nSPS) is 11.9. The summed E-state index contributed by atoms with van der Waals surface area (Å²) in [6, 6.07) is 28.2. The van der Waals surface area contributed by atoms with E-state index < -0.39 is 34.3 Å². The number of carbonyl (C=O) groups is 2. The van der Waals surface area contributed by atoms with Crippen molar-refractivity contribution in [2.45, 2.75) is 37.8 Å². The summed E-state index contributed by atoms with van der Waals surface area (Å²) in [5.41, 5.74) is 1.70. The SMILES string of the molecule is COc1ccc(S(=O)(=O)N(CC(=O)N(Cc2ccc(F)cc2)[C@@H](Cc2ccccc2)C(=O)NCC(C)C)c2ccccc2)cc1. The number of carbonyl (C=O) groups excluding carboxylic acids is 2. The molecule has 4 rings (SSSR count). The minimum atomic E-state index is -4.23. The van der Waals surface area contributed by atoms with Crippen LogP contribution < -0.4 is 14.4 Å². The Labute approximate surface area is 264 Å². The Morgan fingerprint density at radius 3 is 2.00 bits per heavy atom. The maximum absolute atomic E-state index is 14.4. The van der Waals surface area contributed by atoms with Crippen LogP contribution in [0, 0.1) is 11.7 Å². The number of sulfonamides is 1. The molecule has 0 spiro atoms. The van der Waals surface area contributed by atoms with Crippen molar-refractivity contribution in [2.75, 3.05) is 24.5 Å². The number of ether oxygens (including phenoxy) is 1. The standard InChI is InChI=1S/C35H38FN3O5S/c1-26(2)23-37-35(41)33(22-27-10-6-4-7-11-27)38(24-28-14-16-29(36)17-15-28)34(40)25-39(30-12-8-5-9-13-30)45(42,43)32-20-18-31(44-3)19-21-32/h4-21,26,33H,22-25H2,1-3H3,(H,37,41)/t33-/m0/s1. The summed E-state index contributed by atoms with van der Waals surface area (Å²) in [5, 5.41) is 2.95. The number of hydrogen-bond donors (Lipinski definition) is 1. The number of nitrogens with one attached hydrogen (secondary N) is 1. The number of anilines is 1. The number of nitrogens with zero attached hydrogens (tertiary/aromatic N) is 2. The molecule has 8 nitrogen and oxygen atoms in total. The van der Waals surface area contributed by atoms with E-state index in [0.717, 1.165) is 9.87 Å². The molecule has 4 aromatic carbocycles. The third-order valence-corrected chi connectivity index (χ3v) is 8.98. The van der Waals surface area contributed by atoms with Gasteiger partial charge in [0.05, 0.1) is 17.7 Å². The molecule has 0 unspecified atom stereocenters. The Morgan fingerprint density at radius 1 is 0.822 bits per heavy atom. The average Bonchev–Trinajstić information content (AvgIpc) is 3.05. The Bertz CT molecular complexity index is 1650. The molecule has 1 N–H and O–H groups in total. The molecule has 2 amide bonds. The van der Waals surface area contributed by atoms with Crippen molar-refractivity contribution in [2.24, 2.45) is 5.92 Å². The lowest BCUT2D eigenvalue weighted by atomic mass is 10.0. The molecule has 0 aliphatic carbocycles. The predicted octanol–water partition coefficient (Wildman–Crippen LogP) is 5.44. The summed E-state index contributed by atoms with van der Waals surface area (Å²) in [6.07, 6.45) is 0.189. The van der Waals surface area contributed by atoms with Crippen molar-refractivity contribution in [3.8, 4) is 5.75 Å².